The van der Waals surface area contributed by atoms with E-state index in [-0.39, 0.29) is 29.7 Å². The fourth-order valence-electron chi connectivity index (χ4n) is 3.12. The molecule has 0 fully saturated rings. The Bertz CT molecular complexity index is 913. The van der Waals surface area contributed by atoms with Gasteiger partial charge in [-0.15, -0.1) is 0 Å². The van der Waals surface area contributed by atoms with Crippen LogP contribution in [-0.4, -0.2) is 49.4 Å². The largest absolute Gasteiger partial charge is 0.385 e. The number of methoxy groups -OCH3 is 1. The zero-order valence-corrected chi connectivity index (χ0v) is 15.5. The van der Waals surface area contributed by atoms with E-state index >= 15 is 0 Å². The first-order chi connectivity index (χ1) is 13.5. The molecule has 3 amide bonds. The summed E-state index contributed by atoms with van der Waals surface area (Å²) in [4.78, 5) is 38.4. The molecule has 0 aromatic heterocycles. The molecule has 1 aliphatic rings. The number of imide groups is 1. The molecule has 0 aliphatic carbocycles. The molecule has 0 spiro atoms. The second-order valence-corrected chi connectivity index (χ2v) is 6.50. The fourth-order valence-corrected chi connectivity index (χ4v) is 3.12. The lowest BCUT2D eigenvalue weighted by molar-refractivity contribution is 0.0638. The predicted molar refractivity (Wildman–Crippen MR) is 101 cm³/mol. The maximum absolute atomic E-state index is 13.2. The molecule has 1 N–H and O–H groups in total. The van der Waals surface area contributed by atoms with Gasteiger partial charge in [-0.05, 0) is 48.7 Å². The summed E-state index contributed by atoms with van der Waals surface area (Å²) >= 11 is 0. The average molecular weight is 384 g/mol. The van der Waals surface area contributed by atoms with E-state index in [0.717, 1.165) is 5.56 Å². The topological polar surface area (TPSA) is 75.7 Å². The number of halogens is 1. The number of nitrogens with one attached hydrogen (secondary N) is 1. The van der Waals surface area contributed by atoms with E-state index in [1.54, 1.807) is 19.2 Å². The van der Waals surface area contributed by atoms with Gasteiger partial charge in [-0.2, -0.15) is 0 Å². The van der Waals surface area contributed by atoms with E-state index in [1.807, 2.05) is 0 Å². The van der Waals surface area contributed by atoms with Gasteiger partial charge >= 0.3 is 0 Å². The Morgan fingerprint density at radius 1 is 1.11 bits per heavy atom. The number of hydrogen-bond donors (Lipinski definition) is 1. The molecule has 146 valence electrons. The lowest BCUT2D eigenvalue weighted by Crippen LogP contribution is -2.31. The van der Waals surface area contributed by atoms with Crippen LogP contribution in [0.3, 0.4) is 0 Å². The molecule has 2 aromatic rings. The van der Waals surface area contributed by atoms with E-state index in [4.69, 9.17) is 4.74 Å². The van der Waals surface area contributed by atoms with Gasteiger partial charge in [-0.25, -0.2) is 4.39 Å². The number of benzene rings is 2. The summed E-state index contributed by atoms with van der Waals surface area (Å²) in [5.41, 5.74) is 1.62. The second kappa shape index (κ2) is 8.75. The highest BCUT2D eigenvalue weighted by Crippen LogP contribution is 2.24. The maximum atomic E-state index is 13.2. The lowest BCUT2D eigenvalue weighted by atomic mass is 10.1. The van der Waals surface area contributed by atoms with Gasteiger partial charge in [0.2, 0.25) is 0 Å². The molecule has 0 bridgehead atoms. The van der Waals surface area contributed by atoms with Crippen molar-refractivity contribution >= 4 is 17.7 Å². The van der Waals surface area contributed by atoms with E-state index in [1.165, 1.54) is 35.2 Å². The Labute approximate surface area is 162 Å². The van der Waals surface area contributed by atoms with Crippen molar-refractivity contribution in [1.82, 2.24) is 10.2 Å². The van der Waals surface area contributed by atoms with Crippen LogP contribution in [-0.2, 0) is 11.2 Å². The number of hydrogen-bond acceptors (Lipinski definition) is 4. The van der Waals surface area contributed by atoms with E-state index < -0.39 is 5.91 Å². The van der Waals surface area contributed by atoms with Gasteiger partial charge in [-0.1, -0.05) is 12.1 Å². The zero-order valence-electron chi connectivity index (χ0n) is 15.5. The summed E-state index contributed by atoms with van der Waals surface area (Å²) in [7, 11) is 1.56. The van der Waals surface area contributed by atoms with Crippen molar-refractivity contribution in [2.75, 3.05) is 26.8 Å². The molecule has 0 radical (unpaired) electrons. The standard InChI is InChI=1S/C21H21FN2O4/c1-28-11-3-10-24-20(26)17-7-6-15(13-18(17)21(24)27)19(25)23-9-8-14-4-2-5-16(22)12-14/h2,4-7,12-13H,3,8-11H2,1H3,(H,23,25). The Kier molecular flexibility index (Phi) is 6.16. The van der Waals surface area contributed by atoms with Gasteiger partial charge in [0.1, 0.15) is 5.82 Å². The van der Waals surface area contributed by atoms with Crippen molar-refractivity contribution in [3.63, 3.8) is 0 Å². The highest BCUT2D eigenvalue weighted by molar-refractivity contribution is 6.22. The molecule has 0 saturated carbocycles. The third-order valence-electron chi connectivity index (χ3n) is 4.55. The van der Waals surface area contributed by atoms with Crippen LogP contribution in [0, 0.1) is 5.82 Å². The summed E-state index contributed by atoms with van der Waals surface area (Å²) < 4.78 is 18.1. The predicted octanol–water partition coefficient (Wildman–Crippen LogP) is 2.43. The van der Waals surface area contributed by atoms with Crippen LogP contribution in [0.25, 0.3) is 0 Å². The molecule has 6 nitrogen and oxygen atoms in total. The molecule has 28 heavy (non-hydrogen) atoms. The van der Waals surface area contributed by atoms with Crippen molar-refractivity contribution in [1.29, 1.82) is 0 Å². The lowest BCUT2D eigenvalue weighted by Gasteiger charge is -2.12. The third-order valence-corrected chi connectivity index (χ3v) is 4.55. The van der Waals surface area contributed by atoms with Crippen LogP contribution in [0.1, 0.15) is 43.1 Å². The first-order valence-corrected chi connectivity index (χ1v) is 9.03. The number of amides is 3. The molecule has 0 saturated heterocycles. The summed E-state index contributed by atoms with van der Waals surface area (Å²) in [6, 6.07) is 10.7. The molecule has 1 heterocycles. The number of rotatable bonds is 8. The van der Waals surface area contributed by atoms with Crippen molar-refractivity contribution < 1.29 is 23.5 Å². The van der Waals surface area contributed by atoms with Gasteiger partial charge in [0, 0.05) is 32.4 Å². The monoisotopic (exact) mass is 384 g/mol. The Hall–Kier alpha value is -3.06. The molecular formula is C21H21FN2O4. The first-order valence-electron chi connectivity index (χ1n) is 9.03. The minimum absolute atomic E-state index is 0.236. The first kappa shape index (κ1) is 19.7. The minimum atomic E-state index is -0.398. The number of nitrogens with zero attached hydrogens (tertiary/aromatic N) is 1. The van der Waals surface area contributed by atoms with Gasteiger partial charge in [-0.3, -0.25) is 19.3 Å². The smallest absolute Gasteiger partial charge is 0.261 e. The van der Waals surface area contributed by atoms with Gasteiger partial charge in [0.15, 0.2) is 0 Å². The minimum Gasteiger partial charge on any atom is -0.385 e. The summed E-state index contributed by atoms with van der Waals surface area (Å²) in [6.45, 7) is 1.05. The molecule has 7 heteroatoms. The van der Waals surface area contributed by atoms with Crippen LogP contribution in [0.15, 0.2) is 42.5 Å². The second-order valence-electron chi connectivity index (χ2n) is 6.50. The zero-order chi connectivity index (χ0) is 20.1. The fraction of sp³-hybridized carbons (Fsp3) is 0.286. The van der Waals surface area contributed by atoms with Crippen molar-refractivity contribution in [2.45, 2.75) is 12.8 Å². The van der Waals surface area contributed by atoms with Crippen LogP contribution in [0.2, 0.25) is 0 Å². The van der Waals surface area contributed by atoms with Crippen LogP contribution in [0.4, 0.5) is 4.39 Å². The summed E-state index contributed by atoms with van der Waals surface area (Å²) in [5, 5.41) is 2.75. The molecule has 0 unspecified atom stereocenters. The average Bonchev–Trinajstić information content (AvgIpc) is 2.92. The van der Waals surface area contributed by atoms with Crippen molar-refractivity contribution in [2.24, 2.45) is 0 Å². The van der Waals surface area contributed by atoms with Crippen molar-refractivity contribution in [3.05, 3.63) is 70.5 Å². The van der Waals surface area contributed by atoms with Crippen LogP contribution in [0.5, 0.6) is 0 Å². The maximum Gasteiger partial charge on any atom is 0.261 e. The molecule has 2 aromatic carbocycles. The van der Waals surface area contributed by atoms with Crippen LogP contribution < -0.4 is 5.32 Å². The number of carbonyl (C=O) groups is 3. The van der Waals surface area contributed by atoms with E-state index in [0.29, 0.717) is 37.1 Å². The quantitative estimate of drug-likeness (QED) is 0.560. The highest BCUT2D eigenvalue weighted by atomic mass is 19.1. The molecule has 1 aliphatic heterocycles. The molecular weight excluding hydrogens is 363 g/mol. The SMILES string of the molecule is COCCCN1C(=O)c2ccc(C(=O)NCCc3cccc(F)c3)cc2C1=O. The number of carbonyl (C=O) groups excluding carboxylic acids is 3. The normalized spacial score (nSPS) is 13.0. The van der Waals surface area contributed by atoms with E-state index in [9.17, 15) is 18.8 Å². The van der Waals surface area contributed by atoms with Gasteiger partial charge in [0.25, 0.3) is 17.7 Å². The number of fused-ring (bicyclic) bond motifs is 1. The Balaban J connectivity index is 1.63. The van der Waals surface area contributed by atoms with Gasteiger partial charge in [0.05, 0.1) is 11.1 Å². The van der Waals surface area contributed by atoms with Crippen LogP contribution >= 0.6 is 0 Å². The molecule has 0 atom stereocenters. The van der Waals surface area contributed by atoms with E-state index in [2.05, 4.69) is 5.32 Å². The summed E-state index contributed by atoms with van der Waals surface area (Å²) in [5.74, 6) is -1.42. The Morgan fingerprint density at radius 2 is 1.89 bits per heavy atom. The number of ether oxygens (including phenoxy) is 1. The third kappa shape index (κ3) is 4.26. The van der Waals surface area contributed by atoms with Crippen molar-refractivity contribution in [3.8, 4) is 0 Å². The summed E-state index contributed by atoms with van der Waals surface area (Å²) in [6.07, 6.45) is 1.04. The Morgan fingerprint density at radius 3 is 2.64 bits per heavy atom. The molecule has 3 rings (SSSR count). The van der Waals surface area contributed by atoms with Gasteiger partial charge < -0.3 is 10.1 Å². The highest BCUT2D eigenvalue weighted by Gasteiger charge is 2.35.